The number of nitrogens with zero attached hydrogens (tertiary/aromatic N) is 2. The summed E-state index contributed by atoms with van der Waals surface area (Å²) < 4.78 is 7.62. The molecule has 1 aromatic heterocycles. The molecule has 8 nitrogen and oxygen atoms in total. The van der Waals surface area contributed by atoms with E-state index in [0.717, 1.165) is 26.0 Å². The Labute approximate surface area is 195 Å². The molecule has 0 radical (unpaired) electrons. The average molecular weight is 454 g/mol. The second-order valence-electron chi connectivity index (χ2n) is 9.81. The van der Waals surface area contributed by atoms with Gasteiger partial charge < -0.3 is 25.3 Å². The Hall–Kier alpha value is -2.63. The summed E-state index contributed by atoms with van der Waals surface area (Å²) in [5, 5.41) is 19.0. The lowest BCUT2D eigenvalue weighted by Gasteiger charge is -2.42. The smallest absolute Gasteiger partial charge is 0.274 e. The van der Waals surface area contributed by atoms with E-state index < -0.39 is 0 Å². The van der Waals surface area contributed by atoms with E-state index in [1.807, 2.05) is 13.0 Å². The highest BCUT2D eigenvalue weighted by Crippen LogP contribution is 2.35. The molecule has 1 amide bonds. The molecule has 3 N–H and O–H groups in total. The maximum Gasteiger partial charge on any atom is 0.274 e. The minimum atomic E-state index is -0.326. The lowest BCUT2D eigenvalue weighted by atomic mass is 9.74. The third-order valence-corrected chi connectivity index (χ3v) is 7.44. The minimum Gasteiger partial charge on any atom is -0.376 e. The number of amides is 1. The van der Waals surface area contributed by atoms with Gasteiger partial charge in [-0.2, -0.15) is 5.26 Å². The Morgan fingerprint density at radius 2 is 2.12 bits per heavy atom. The van der Waals surface area contributed by atoms with Gasteiger partial charge in [-0.3, -0.25) is 9.59 Å². The summed E-state index contributed by atoms with van der Waals surface area (Å²) in [6.07, 6.45) is 7.70. The van der Waals surface area contributed by atoms with Gasteiger partial charge in [-0.1, -0.05) is 19.4 Å². The lowest BCUT2D eigenvalue weighted by Crippen LogP contribution is -2.53. The van der Waals surface area contributed by atoms with Gasteiger partial charge in [0.1, 0.15) is 17.5 Å². The normalized spacial score (nSPS) is 30.4. The number of ether oxygens (including phenoxy) is 1. The van der Waals surface area contributed by atoms with Crippen molar-refractivity contribution in [1.29, 1.82) is 5.26 Å². The van der Waals surface area contributed by atoms with Crippen LogP contribution in [-0.4, -0.2) is 47.9 Å². The molecule has 1 aliphatic carbocycles. The number of hydrogen-bond acceptors (Lipinski definition) is 6. The van der Waals surface area contributed by atoms with Crippen molar-refractivity contribution < 1.29 is 9.53 Å². The Morgan fingerprint density at radius 3 is 2.85 bits per heavy atom. The molecule has 6 atom stereocenters. The van der Waals surface area contributed by atoms with Crippen LogP contribution in [0.15, 0.2) is 28.6 Å². The van der Waals surface area contributed by atoms with Gasteiger partial charge in [0.15, 0.2) is 0 Å². The van der Waals surface area contributed by atoms with Gasteiger partial charge in [-0.15, -0.1) is 0 Å². The fraction of sp³-hybridized carbons (Fsp3) is 0.640. The van der Waals surface area contributed by atoms with Crippen LogP contribution < -0.4 is 21.5 Å². The SMILES string of the molecule is CC1CC2C=C([C@H](C)Nc3ccc(C#N)n(C)c3=O)C(=O)NC2CC1OCC1CCCCN1. The van der Waals surface area contributed by atoms with E-state index in [9.17, 15) is 9.59 Å². The third kappa shape index (κ3) is 5.15. The second-order valence-corrected chi connectivity index (χ2v) is 9.81. The van der Waals surface area contributed by atoms with Crippen LogP contribution in [0.3, 0.4) is 0 Å². The third-order valence-electron chi connectivity index (χ3n) is 7.44. The number of anilines is 1. The van der Waals surface area contributed by atoms with E-state index in [1.54, 1.807) is 19.2 Å². The van der Waals surface area contributed by atoms with Gasteiger partial charge in [0, 0.05) is 24.7 Å². The molecular weight excluding hydrogens is 418 g/mol. The number of nitriles is 1. The molecule has 0 spiro atoms. The molecular formula is C25H35N5O3. The van der Waals surface area contributed by atoms with Crippen molar-refractivity contribution in [2.75, 3.05) is 18.5 Å². The Kier molecular flexibility index (Phi) is 7.20. The summed E-state index contributed by atoms with van der Waals surface area (Å²) >= 11 is 0. The van der Waals surface area contributed by atoms with Crippen molar-refractivity contribution in [2.24, 2.45) is 18.9 Å². The van der Waals surface area contributed by atoms with Crippen LogP contribution in [-0.2, 0) is 16.6 Å². The number of pyridine rings is 1. The first-order valence-corrected chi connectivity index (χ1v) is 12.1. The molecule has 3 aliphatic rings. The molecule has 2 fully saturated rings. The van der Waals surface area contributed by atoms with E-state index >= 15 is 0 Å². The summed E-state index contributed by atoms with van der Waals surface area (Å²) in [4.78, 5) is 25.5. The Bertz CT molecular complexity index is 1000. The topological polar surface area (TPSA) is 108 Å². The van der Waals surface area contributed by atoms with Crippen molar-refractivity contribution in [3.63, 3.8) is 0 Å². The molecule has 0 aromatic carbocycles. The molecule has 178 valence electrons. The fourth-order valence-corrected chi connectivity index (χ4v) is 5.36. The number of fused-ring (bicyclic) bond motifs is 1. The predicted octanol–water partition coefficient (Wildman–Crippen LogP) is 2.06. The van der Waals surface area contributed by atoms with E-state index in [0.29, 0.717) is 28.9 Å². The summed E-state index contributed by atoms with van der Waals surface area (Å²) in [6.45, 7) is 5.94. The summed E-state index contributed by atoms with van der Waals surface area (Å²) in [5.41, 5.74) is 1.04. The first-order chi connectivity index (χ1) is 15.9. The quantitative estimate of drug-likeness (QED) is 0.609. The van der Waals surface area contributed by atoms with Crippen LogP contribution in [0.5, 0.6) is 0 Å². The van der Waals surface area contributed by atoms with E-state index in [4.69, 9.17) is 10.00 Å². The minimum absolute atomic E-state index is 0.0803. The van der Waals surface area contributed by atoms with E-state index in [-0.39, 0.29) is 35.6 Å². The molecule has 1 saturated carbocycles. The highest BCUT2D eigenvalue weighted by Gasteiger charge is 2.39. The van der Waals surface area contributed by atoms with Gasteiger partial charge in [0.2, 0.25) is 5.91 Å². The van der Waals surface area contributed by atoms with Crippen LogP contribution >= 0.6 is 0 Å². The first-order valence-electron chi connectivity index (χ1n) is 12.1. The molecule has 4 rings (SSSR count). The van der Waals surface area contributed by atoms with Crippen LogP contribution in [0.1, 0.15) is 51.6 Å². The van der Waals surface area contributed by atoms with Crippen molar-refractivity contribution in [1.82, 2.24) is 15.2 Å². The number of piperidine rings is 1. The van der Waals surface area contributed by atoms with Gasteiger partial charge in [-0.05, 0) is 63.1 Å². The number of rotatable bonds is 6. The van der Waals surface area contributed by atoms with Gasteiger partial charge >= 0.3 is 0 Å². The predicted molar refractivity (Wildman–Crippen MR) is 127 cm³/mol. The molecule has 1 aromatic rings. The zero-order chi connectivity index (χ0) is 23.5. The second kappa shape index (κ2) is 10.1. The molecule has 0 bridgehead atoms. The molecule has 5 unspecified atom stereocenters. The maximum atomic E-state index is 12.9. The maximum absolute atomic E-state index is 12.9. The monoisotopic (exact) mass is 453 g/mol. The van der Waals surface area contributed by atoms with Crippen molar-refractivity contribution in [3.8, 4) is 6.07 Å². The zero-order valence-electron chi connectivity index (χ0n) is 19.8. The van der Waals surface area contributed by atoms with E-state index in [1.165, 1.54) is 23.8 Å². The number of carbonyl (C=O) groups is 1. The molecule has 2 aliphatic heterocycles. The van der Waals surface area contributed by atoms with Crippen molar-refractivity contribution in [3.05, 3.63) is 39.8 Å². The lowest BCUT2D eigenvalue weighted by molar-refractivity contribution is -0.120. The Balaban J connectivity index is 1.40. The zero-order valence-corrected chi connectivity index (χ0v) is 19.8. The number of hydrogen-bond donors (Lipinski definition) is 3. The van der Waals surface area contributed by atoms with Crippen LogP contribution in [0, 0.1) is 23.2 Å². The standard InChI is InChI=1S/C25H35N5O3/c1-15-10-17-11-20(16(2)28-21-8-7-19(13-26)30(3)25(21)32)24(31)29-22(17)12-23(15)33-14-18-6-4-5-9-27-18/h7-8,11,15-18,22-23,27-28H,4-6,9-10,12,14H2,1-3H3,(H,29,31)/t15?,16-,17?,18?,22?,23?/m0/s1. The number of nitrogens with one attached hydrogen (secondary N) is 3. The van der Waals surface area contributed by atoms with Crippen LogP contribution in [0.4, 0.5) is 5.69 Å². The first kappa shape index (κ1) is 23.5. The molecule has 33 heavy (non-hydrogen) atoms. The summed E-state index contributed by atoms with van der Waals surface area (Å²) in [7, 11) is 1.57. The summed E-state index contributed by atoms with van der Waals surface area (Å²) in [5.74, 6) is 0.578. The van der Waals surface area contributed by atoms with Crippen LogP contribution in [0.2, 0.25) is 0 Å². The van der Waals surface area contributed by atoms with Gasteiger partial charge in [0.25, 0.3) is 5.56 Å². The van der Waals surface area contributed by atoms with E-state index in [2.05, 4.69) is 29.0 Å². The highest BCUT2D eigenvalue weighted by atomic mass is 16.5. The fourth-order valence-electron chi connectivity index (χ4n) is 5.36. The summed E-state index contributed by atoms with van der Waals surface area (Å²) in [6, 6.07) is 5.41. The largest absolute Gasteiger partial charge is 0.376 e. The van der Waals surface area contributed by atoms with Crippen LogP contribution in [0.25, 0.3) is 0 Å². The average Bonchev–Trinajstić information content (AvgIpc) is 2.81. The van der Waals surface area contributed by atoms with Gasteiger partial charge in [-0.25, -0.2) is 0 Å². The Morgan fingerprint density at radius 1 is 1.30 bits per heavy atom. The molecule has 8 heteroatoms. The number of aromatic nitrogens is 1. The molecule has 3 heterocycles. The number of carbonyl (C=O) groups excluding carboxylic acids is 1. The van der Waals surface area contributed by atoms with Crippen molar-refractivity contribution in [2.45, 2.75) is 70.2 Å². The van der Waals surface area contributed by atoms with Gasteiger partial charge in [0.05, 0.1) is 18.8 Å². The molecule has 1 saturated heterocycles. The van der Waals surface area contributed by atoms with Crippen molar-refractivity contribution >= 4 is 11.6 Å². The highest BCUT2D eigenvalue weighted by molar-refractivity contribution is 5.96.